The summed E-state index contributed by atoms with van der Waals surface area (Å²) in [5.41, 5.74) is 2.52. The van der Waals surface area contributed by atoms with E-state index in [1.54, 1.807) is 0 Å². The van der Waals surface area contributed by atoms with Crippen molar-refractivity contribution in [2.75, 3.05) is 7.05 Å². The summed E-state index contributed by atoms with van der Waals surface area (Å²) < 4.78 is 0. The quantitative estimate of drug-likeness (QED) is 0.819. The van der Waals surface area contributed by atoms with Crippen LogP contribution in [0, 0.1) is 18.8 Å². The molecule has 1 N–H and O–H groups in total. The van der Waals surface area contributed by atoms with Crippen LogP contribution in [0.4, 0.5) is 0 Å². The summed E-state index contributed by atoms with van der Waals surface area (Å²) in [6.07, 6.45) is 3.86. The number of aromatic nitrogens is 1. The largest absolute Gasteiger partial charge is 0.313 e. The Morgan fingerprint density at radius 3 is 2.33 bits per heavy atom. The van der Waals surface area contributed by atoms with E-state index in [9.17, 15) is 0 Å². The molecule has 0 fully saturated rings. The molecule has 0 bridgehead atoms. The molecule has 2 nitrogen and oxygen atoms in total. The Morgan fingerprint density at radius 1 is 1.20 bits per heavy atom. The first-order valence-corrected chi connectivity index (χ1v) is 5.65. The predicted octanol–water partition coefficient (Wildman–Crippen LogP) is 2.94. The van der Waals surface area contributed by atoms with E-state index < -0.39 is 0 Å². The third kappa shape index (κ3) is 3.03. The minimum Gasteiger partial charge on any atom is -0.313 e. The fraction of sp³-hybridized carbons (Fsp3) is 0.615. The van der Waals surface area contributed by atoms with Crippen LogP contribution in [0.25, 0.3) is 0 Å². The maximum Gasteiger partial charge on any atom is 0.0361 e. The van der Waals surface area contributed by atoms with Gasteiger partial charge in [-0.1, -0.05) is 26.8 Å². The van der Waals surface area contributed by atoms with E-state index in [0.29, 0.717) is 17.9 Å². The lowest BCUT2D eigenvalue weighted by atomic mass is 9.86. The normalized spacial score (nSPS) is 15.3. The molecule has 2 unspecified atom stereocenters. The third-order valence-electron chi connectivity index (χ3n) is 3.14. The molecule has 0 aliphatic rings. The Labute approximate surface area is 93.1 Å². The van der Waals surface area contributed by atoms with Gasteiger partial charge in [-0.05, 0) is 36.9 Å². The number of rotatable bonds is 4. The smallest absolute Gasteiger partial charge is 0.0361 e. The van der Waals surface area contributed by atoms with Crippen molar-refractivity contribution in [2.24, 2.45) is 11.8 Å². The molecule has 0 aromatic carbocycles. The van der Waals surface area contributed by atoms with Gasteiger partial charge >= 0.3 is 0 Å². The van der Waals surface area contributed by atoms with Crippen molar-refractivity contribution < 1.29 is 0 Å². The molecule has 0 aliphatic carbocycles. The van der Waals surface area contributed by atoms with Gasteiger partial charge < -0.3 is 5.32 Å². The Kier molecular flexibility index (Phi) is 4.28. The third-order valence-corrected chi connectivity index (χ3v) is 3.14. The minimum atomic E-state index is 0.400. The zero-order chi connectivity index (χ0) is 11.4. The molecule has 0 saturated carbocycles. The molecule has 0 aliphatic heterocycles. The van der Waals surface area contributed by atoms with E-state index in [-0.39, 0.29) is 0 Å². The molecule has 1 aromatic heterocycles. The summed E-state index contributed by atoms with van der Waals surface area (Å²) in [7, 11) is 2.02. The summed E-state index contributed by atoms with van der Waals surface area (Å²) in [6, 6.07) is 2.62. The van der Waals surface area contributed by atoms with Crippen LogP contribution in [-0.4, -0.2) is 12.0 Å². The van der Waals surface area contributed by atoms with Gasteiger partial charge in [-0.25, -0.2) is 0 Å². The lowest BCUT2D eigenvalue weighted by molar-refractivity contribution is 0.316. The summed E-state index contributed by atoms with van der Waals surface area (Å²) in [4.78, 5) is 4.25. The molecule has 84 valence electrons. The maximum atomic E-state index is 4.25. The average Bonchev–Trinajstić information content (AvgIpc) is 2.18. The summed E-state index contributed by atoms with van der Waals surface area (Å²) in [6.45, 7) is 8.90. The molecule has 0 amide bonds. The van der Waals surface area contributed by atoms with Gasteiger partial charge in [0.2, 0.25) is 0 Å². The molecular weight excluding hydrogens is 184 g/mol. The predicted molar refractivity (Wildman–Crippen MR) is 64.8 cm³/mol. The van der Waals surface area contributed by atoms with E-state index in [0.717, 1.165) is 0 Å². The molecule has 1 rings (SSSR count). The average molecular weight is 206 g/mol. The second-order valence-electron chi connectivity index (χ2n) is 4.67. The standard InChI is InChI=1S/C13H22N2/c1-9(2)11(4)13(14-5)12-6-10(3)7-15-8-12/h6-9,11,13-14H,1-5H3. The summed E-state index contributed by atoms with van der Waals surface area (Å²) in [5, 5.41) is 3.39. The van der Waals surface area contributed by atoms with E-state index in [4.69, 9.17) is 0 Å². The fourth-order valence-electron chi connectivity index (χ4n) is 1.87. The second-order valence-corrected chi connectivity index (χ2v) is 4.67. The van der Waals surface area contributed by atoms with Crippen molar-refractivity contribution in [1.29, 1.82) is 0 Å². The molecule has 2 atom stereocenters. The van der Waals surface area contributed by atoms with Crippen LogP contribution in [0.3, 0.4) is 0 Å². The van der Waals surface area contributed by atoms with Crippen molar-refractivity contribution >= 4 is 0 Å². The SMILES string of the molecule is CNC(c1cncc(C)c1)C(C)C(C)C. The van der Waals surface area contributed by atoms with Gasteiger partial charge in [0.1, 0.15) is 0 Å². The van der Waals surface area contributed by atoms with Crippen LogP contribution in [0.1, 0.15) is 37.9 Å². The van der Waals surface area contributed by atoms with Crippen LogP contribution in [0.2, 0.25) is 0 Å². The zero-order valence-corrected chi connectivity index (χ0v) is 10.4. The number of nitrogens with zero attached hydrogens (tertiary/aromatic N) is 1. The van der Waals surface area contributed by atoms with Gasteiger partial charge in [0.25, 0.3) is 0 Å². The van der Waals surface area contributed by atoms with E-state index >= 15 is 0 Å². The lowest BCUT2D eigenvalue weighted by Crippen LogP contribution is -2.26. The second kappa shape index (κ2) is 5.26. The zero-order valence-electron chi connectivity index (χ0n) is 10.4. The lowest BCUT2D eigenvalue weighted by Gasteiger charge is -2.27. The van der Waals surface area contributed by atoms with Gasteiger partial charge in [-0.15, -0.1) is 0 Å². The first-order chi connectivity index (χ1) is 7.06. The van der Waals surface area contributed by atoms with Crippen LogP contribution >= 0.6 is 0 Å². The Hall–Kier alpha value is -0.890. The monoisotopic (exact) mass is 206 g/mol. The number of hydrogen-bond donors (Lipinski definition) is 1. The molecule has 15 heavy (non-hydrogen) atoms. The van der Waals surface area contributed by atoms with Gasteiger partial charge in [0, 0.05) is 18.4 Å². The van der Waals surface area contributed by atoms with Crippen LogP contribution in [0.15, 0.2) is 18.5 Å². The number of pyridine rings is 1. The number of nitrogens with one attached hydrogen (secondary N) is 1. The topological polar surface area (TPSA) is 24.9 Å². The summed E-state index contributed by atoms with van der Waals surface area (Å²) >= 11 is 0. The van der Waals surface area contributed by atoms with Gasteiger partial charge in [-0.2, -0.15) is 0 Å². The van der Waals surface area contributed by atoms with Crippen LogP contribution in [0.5, 0.6) is 0 Å². The highest BCUT2D eigenvalue weighted by Gasteiger charge is 2.20. The molecular formula is C13H22N2. The number of hydrogen-bond acceptors (Lipinski definition) is 2. The highest BCUT2D eigenvalue weighted by Crippen LogP contribution is 2.27. The van der Waals surface area contributed by atoms with Gasteiger partial charge in [-0.3, -0.25) is 4.98 Å². The van der Waals surface area contributed by atoms with Crippen molar-refractivity contribution in [1.82, 2.24) is 10.3 Å². The number of aryl methyl sites for hydroxylation is 1. The maximum absolute atomic E-state index is 4.25. The van der Waals surface area contributed by atoms with Crippen molar-refractivity contribution in [2.45, 2.75) is 33.7 Å². The molecule has 1 aromatic rings. The van der Waals surface area contributed by atoms with E-state index in [1.807, 2.05) is 19.4 Å². The molecule has 1 heterocycles. The highest BCUT2D eigenvalue weighted by molar-refractivity contribution is 5.20. The van der Waals surface area contributed by atoms with E-state index in [2.05, 4.69) is 44.1 Å². The first-order valence-electron chi connectivity index (χ1n) is 5.65. The van der Waals surface area contributed by atoms with Crippen molar-refractivity contribution in [3.8, 4) is 0 Å². The van der Waals surface area contributed by atoms with Crippen LogP contribution < -0.4 is 5.32 Å². The molecule has 2 heteroatoms. The highest BCUT2D eigenvalue weighted by atomic mass is 14.9. The first kappa shape index (κ1) is 12.2. The summed E-state index contributed by atoms with van der Waals surface area (Å²) in [5.74, 6) is 1.28. The molecule has 0 radical (unpaired) electrons. The Bertz CT molecular complexity index is 307. The molecule has 0 saturated heterocycles. The van der Waals surface area contributed by atoms with Gasteiger partial charge in [0.05, 0.1) is 0 Å². The van der Waals surface area contributed by atoms with Crippen molar-refractivity contribution in [3.05, 3.63) is 29.6 Å². The van der Waals surface area contributed by atoms with Crippen LogP contribution in [-0.2, 0) is 0 Å². The Balaban J connectivity index is 2.92. The minimum absolute atomic E-state index is 0.400. The van der Waals surface area contributed by atoms with Crippen molar-refractivity contribution in [3.63, 3.8) is 0 Å². The van der Waals surface area contributed by atoms with Gasteiger partial charge in [0.15, 0.2) is 0 Å². The molecule has 0 spiro atoms. The van der Waals surface area contributed by atoms with E-state index in [1.165, 1.54) is 11.1 Å². The fourth-order valence-corrected chi connectivity index (χ4v) is 1.87. The Morgan fingerprint density at radius 2 is 1.87 bits per heavy atom.